The topological polar surface area (TPSA) is 92.2 Å². The number of amides is 3. The highest BCUT2D eigenvalue weighted by atomic mass is 19.1. The lowest BCUT2D eigenvalue weighted by atomic mass is 9.82. The van der Waals surface area contributed by atoms with Gasteiger partial charge in [0.2, 0.25) is 11.8 Å². The molecule has 0 aliphatic carbocycles. The van der Waals surface area contributed by atoms with E-state index < -0.39 is 23.8 Å². The molecule has 1 aromatic carbocycles. The van der Waals surface area contributed by atoms with Gasteiger partial charge in [0, 0.05) is 52.4 Å². The Morgan fingerprint density at radius 3 is 2.63 bits per heavy atom. The highest BCUT2D eigenvalue weighted by Crippen LogP contribution is 2.41. The van der Waals surface area contributed by atoms with Gasteiger partial charge in [-0.05, 0) is 63.4 Å². The molecule has 2 unspecified atom stereocenters. The van der Waals surface area contributed by atoms with Gasteiger partial charge in [0.05, 0.1) is 29.5 Å². The van der Waals surface area contributed by atoms with Crippen LogP contribution in [0.15, 0.2) is 46.9 Å². The zero-order valence-corrected chi connectivity index (χ0v) is 27.2. The van der Waals surface area contributed by atoms with E-state index >= 15 is 0 Å². The molecule has 0 N–H and O–H groups in total. The lowest BCUT2D eigenvalue weighted by Gasteiger charge is -2.57. The van der Waals surface area contributed by atoms with Gasteiger partial charge in [-0.1, -0.05) is 18.7 Å². The van der Waals surface area contributed by atoms with Crippen molar-refractivity contribution in [2.75, 3.05) is 71.9 Å². The van der Waals surface area contributed by atoms with E-state index in [4.69, 9.17) is 9.73 Å². The molecule has 3 saturated heterocycles. The molecule has 11 nitrogen and oxygen atoms in total. The van der Waals surface area contributed by atoms with E-state index in [2.05, 4.69) is 28.3 Å². The van der Waals surface area contributed by atoms with Gasteiger partial charge in [-0.15, -0.1) is 0 Å². The van der Waals surface area contributed by atoms with E-state index in [-0.39, 0.29) is 36.5 Å². The van der Waals surface area contributed by atoms with E-state index in [0.29, 0.717) is 45.1 Å². The van der Waals surface area contributed by atoms with Crippen LogP contribution in [0.5, 0.6) is 0 Å². The quantitative estimate of drug-likeness (QED) is 0.468. The molecule has 7 rings (SSSR count). The van der Waals surface area contributed by atoms with Crippen LogP contribution >= 0.6 is 0 Å². The van der Waals surface area contributed by atoms with Gasteiger partial charge in [-0.3, -0.25) is 19.3 Å². The van der Waals surface area contributed by atoms with Gasteiger partial charge >= 0.3 is 0 Å². The van der Waals surface area contributed by atoms with Crippen molar-refractivity contribution in [3.05, 3.63) is 53.0 Å². The first-order valence-corrected chi connectivity index (χ1v) is 16.5. The van der Waals surface area contributed by atoms with Gasteiger partial charge in [0.15, 0.2) is 5.83 Å². The average molecular weight is 634 g/mol. The van der Waals surface area contributed by atoms with Crippen LogP contribution in [0.4, 0.5) is 10.1 Å². The van der Waals surface area contributed by atoms with Gasteiger partial charge < -0.3 is 29.2 Å². The summed E-state index contributed by atoms with van der Waals surface area (Å²) in [6.07, 6.45) is 3.70. The summed E-state index contributed by atoms with van der Waals surface area (Å²) in [6, 6.07) is 4.86. The Morgan fingerprint density at radius 1 is 1.09 bits per heavy atom. The molecule has 3 fully saturated rings. The van der Waals surface area contributed by atoms with E-state index in [9.17, 15) is 18.8 Å². The fourth-order valence-electron chi connectivity index (χ4n) is 8.39. The number of likely N-dealkylation sites (tertiary alicyclic amines) is 1. The molecule has 6 aliphatic rings. The van der Waals surface area contributed by atoms with Crippen molar-refractivity contribution in [1.82, 2.24) is 24.5 Å². The number of carbonyl (C=O) groups excluding carboxylic acids is 3. The Kier molecular flexibility index (Phi) is 7.91. The third kappa shape index (κ3) is 5.00. The third-order valence-corrected chi connectivity index (χ3v) is 11.0. The molecule has 246 valence electrons. The summed E-state index contributed by atoms with van der Waals surface area (Å²) in [6.45, 7) is 9.05. The number of piperazine rings is 2. The van der Waals surface area contributed by atoms with Crippen LogP contribution in [-0.4, -0.2) is 145 Å². The van der Waals surface area contributed by atoms with Crippen molar-refractivity contribution in [3.63, 3.8) is 0 Å². The smallest absolute Gasteiger partial charge is 0.282 e. The summed E-state index contributed by atoms with van der Waals surface area (Å²) >= 11 is 0. The predicted molar refractivity (Wildman–Crippen MR) is 172 cm³/mol. The zero-order valence-electron chi connectivity index (χ0n) is 27.2. The minimum absolute atomic E-state index is 0.0427. The van der Waals surface area contributed by atoms with Crippen molar-refractivity contribution < 1.29 is 23.5 Å². The normalized spacial score (nSPS) is 30.1. The van der Waals surface area contributed by atoms with E-state index in [1.165, 1.54) is 4.90 Å². The SMILES string of the molecule is C=C(F)C(=O)N1C[C@@H]2C(=O)N(C)C3C(OC[C@@H]4CCCN4C)=NC4=C(CCN(c5cccc6c5C(=O)N(C)CC6)C4)C3N2C[C@H]1C. The monoisotopic (exact) mass is 633 g/mol. The average Bonchev–Trinajstić information content (AvgIpc) is 3.46. The number of ether oxygens (including phenoxy) is 1. The number of rotatable bonds is 4. The van der Waals surface area contributed by atoms with Gasteiger partial charge in [0.25, 0.3) is 11.8 Å². The van der Waals surface area contributed by atoms with Gasteiger partial charge in [-0.25, -0.2) is 9.38 Å². The Morgan fingerprint density at radius 2 is 1.89 bits per heavy atom. The number of halogens is 1. The fraction of sp³-hybridized carbons (Fsp3) is 0.588. The summed E-state index contributed by atoms with van der Waals surface area (Å²) in [5, 5.41) is 0. The molecule has 5 atom stereocenters. The summed E-state index contributed by atoms with van der Waals surface area (Å²) in [7, 11) is 5.75. The van der Waals surface area contributed by atoms with Crippen molar-refractivity contribution in [2.24, 2.45) is 4.99 Å². The van der Waals surface area contributed by atoms with E-state index in [1.807, 2.05) is 32.2 Å². The Balaban J connectivity index is 1.25. The number of anilines is 1. The van der Waals surface area contributed by atoms with Gasteiger partial charge in [-0.2, -0.15) is 0 Å². The molecule has 0 spiro atoms. The molecule has 1 aromatic rings. The minimum atomic E-state index is -1.02. The predicted octanol–water partition coefficient (Wildman–Crippen LogP) is 1.90. The van der Waals surface area contributed by atoms with Crippen LogP contribution in [0.3, 0.4) is 0 Å². The number of fused-ring (bicyclic) bond motifs is 5. The molecule has 46 heavy (non-hydrogen) atoms. The summed E-state index contributed by atoms with van der Waals surface area (Å²) in [5.74, 6) is -1.34. The number of likely N-dealkylation sites (N-methyl/N-ethyl adjacent to an activating group) is 3. The standard InChI is InChI=1S/C34H44FN7O4/c1-20-16-42-27(18-41(20)32(43)21(2)35)33(44)39(5)30-29(42)24-12-15-40(26-10-6-8-22-11-14-38(4)34(45)28(22)26)17-25(24)36-31(30)46-19-23-9-7-13-37(23)3/h6,8,10,20,23,27,29-30H,2,7,9,11-19H2,1,3-5H3/t20-,23+,27-,29?,30?/m1/s1. The number of benzene rings is 1. The van der Waals surface area contributed by atoms with Crippen LogP contribution < -0.4 is 4.90 Å². The van der Waals surface area contributed by atoms with Crippen LogP contribution in [0.2, 0.25) is 0 Å². The lowest BCUT2D eigenvalue weighted by molar-refractivity contribution is -0.155. The molecular weight excluding hydrogens is 589 g/mol. The van der Waals surface area contributed by atoms with Crippen molar-refractivity contribution in [1.29, 1.82) is 0 Å². The highest BCUT2D eigenvalue weighted by Gasteiger charge is 2.55. The number of aliphatic imine (C=N–C) groups is 1. The Labute approximate surface area is 269 Å². The molecule has 3 amide bonds. The number of carbonyl (C=O) groups is 3. The number of hydrogen-bond acceptors (Lipinski definition) is 8. The van der Waals surface area contributed by atoms with Crippen LogP contribution in [0.25, 0.3) is 0 Å². The van der Waals surface area contributed by atoms with Crippen molar-refractivity contribution >= 4 is 29.3 Å². The summed E-state index contributed by atoms with van der Waals surface area (Å²) < 4.78 is 20.6. The first kappa shape index (κ1) is 30.9. The third-order valence-electron chi connectivity index (χ3n) is 11.0. The maximum Gasteiger partial charge on any atom is 0.282 e. The maximum absolute atomic E-state index is 14.0. The molecule has 0 bridgehead atoms. The molecule has 6 heterocycles. The first-order valence-electron chi connectivity index (χ1n) is 16.5. The lowest BCUT2D eigenvalue weighted by Crippen LogP contribution is -2.75. The van der Waals surface area contributed by atoms with E-state index in [1.54, 1.807) is 16.8 Å². The largest absolute Gasteiger partial charge is 0.478 e. The second kappa shape index (κ2) is 11.8. The fourth-order valence-corrected chi connectivity index (χ4v) is 8.39. The molecular formula is C34H44FN7O4. The van der Waals surface area contributed by atoms with Crippen LogP contribution in [0.1, 0.15) is 42.1 Å². The highest BCUT2D eigenvalue weighted by molar-refractivity contribution is 6.02. The molecule has 6 aliphatic heterocycles. The second-order valence-electron chi connectivity index (χ2n) is 13.7. The molecule has 0 aromatic heterocycles. The van der Waals surface area contributed by atoms with Crippen molar-refractivity contribution in [2.45, 2.75) is 62.8 Å². The summed E-state index contributed by atoms with van der Waals surface area (Å²) in [5.41, 5.74) is 4.83. The molecule has 12 heteroatoms. The van der Waals surface area contributed by atoms with Crippen molar-refractivity contribution in [3.8, 4) is 0 Å². The Hall–Kier alpha value is -3.77. The number of hydrogen-bond donors (Lipinski definition) is 0. The van der Waals surface area contributed by atoms with E-state index in [0.717, 1.165) is 53.9 Å². The minimum Gasteiger partial charge on any atom is -0.478 e. The number of nitrogens with zero attached hydrogens (tertiary/aromatic N) is 7. The zero-order chi connectivity index (χ0) is 32.4. The maximum atomic E-state index is 14.0. The second-order valence-corrected chi connectivity index (χ2v) is 13.7. The summed E-state index contributed by atoms with van der Waals surface area (Å²) in [4.78, 5) is 56.9. The van der Waals surface area contributed by atoms with Gasteiger partial charge in [0.1, 0.15) is 18.7 Å². The molecule has 0 saturated carbocycles. The molecule has 0 radical (unpaired) electrons. The van der Waals surface area contributed by atoms with Crippen LogP contribution in [0, 0.1) is 0 Å². The first-order chi connectivity index (χ1) is 22.0. The Bertz CT molecular complexity index is 1540. The van der Waals surface area contributed by atoms with Crippen LogP contribution in [-0.2, 0) is 20.7 Å².